The Labute approximate surface area is 142 Å². The third kappa shape index (κ3) is 19.7. The van der Waals surface area contributed by atoms with Crippen LogP contribution < -0.4 is 0 Å². The molecule has 0 saturated heterocycles. The van der Waals surface area contributed by atoms with E-state index in [-0.39, 0.29) is 0 Å². The minimum Gasteiger partial charge on any atom is -0.0885 e. The van der Waals surface area contributed by atoms with E-state index in [0.29, 0.717) is 0 Å². The number of unbranched alkanes of at least 4 members (excludes halogenated alkanes) is 16. The van der Waals surface area contributed by atoms with E-state index in [4.69, 9.17) is 0 Å². The molecule has 0 spiro atoms. The first-order chi connectivity index (χ1) is 10.9. The second-order valence-corrected chi connectivity index (χ2v) is 6.85. The van der Waals surface area contributed by atoms with Crippen molar-refractivity contribution >= 4 is 0 Å². The molecule has 0 heterocycles. The molecule has 0 N–H and O–H groups in total. The summed E-state index contributed by atoms with van der Waals surface area (Å²) in [7, 11) is 0. The molecular weight excluding hydrogens is 264 g/mol. The lowest BCUT2D eigenvalue weighted by molar-refractivity contribution is 0.553. The summed E-state index contributed by atoms with van der Waals surface area (Å²) in [6.45, 7) is 6.18. The topological polar surface area (TPSA) is 0 Å². The minimum atomic E-state index is 1.12. The molecule has 0 saturated carbocycles. The molecule has 0 aromatic rings. The van der Waals surface area contributed by atoms with Crippen LogP contribution in [0.25, 0.3) is 0 Å². The Morgan fingerprint density at radius 2 is 0.864 bits per heavy atom. The molecule has 0 amide bonds. The summed E-state index contributed by atoms with van der Waals surface area (Å²) in [5, 5.41) is 0. The highest BCUT2D eigenvalue weighted by Crippen LogP contribution is 2.12. The zero-order valence-electron chi connectivity index (χ0n) is 15.6. The van der Waals surface area contributed by atoms with E-state index in [1.165, 1.54) is 109 Å². The second kappa shape index (κ2) is 20.7. The molecule has 0 aliphatic heterocycles. The summed E-state index contributed by atoms with van der Waals surface area (Å²) in [4.78, 5) is 0. The van der Waals surface area contributed by atoms with Gasteiger partial charge >= 0.3 is 0 Å². The van der Waals surface area contributed by atoms with Crippen molar-refractivity contribution in [1.29, 1.82) is 0 Å². The van der Waals surface area contributed by atoms with E-state index in [1.807, 2.05) is 0 Å². The maximum Gasteiger partial charge on any atom is -0.0351 e. The van der Waals surface area contributed by atoms with Crippen LogP contribution in [0.2, 0.25) is 0 Å². The summed E-state index contributed by atoms with van der Waals surface area (Å²) in [6, 6.07) is 0. The molecule has 0 atom stereocenters. The van der Waals surface area contributed by atoms with E-state index in [1.54, 1.807) is 0 Å². The van der Waals surface area contributed by atoms with Crippen molar-refractivity contribution in [3.8, 4) is 0 Å². The Balaban J connectivity index is 3.01. The molecule has 0 heteroatoms. The van der Waals surface area contributed by atoms with E-state index < -0.39 is 0 Å². The third-order valence-electron chi connectivity index (χ3n) is 4.51. The second-order valence-electron chi connectivity index (χ2n) is 6.85. The van der Waals surface area contributed by atoms with Gasteiger partial charge in [-0.3, -0.25) is 0 Å². The Morgan fingerprint density at radius 1 is 0.500 bits per heavy atom. The monoisotopic (exact) mass is 307 g/mol. The SMILES string of the molecule is [CH2]CCCCCCCCCCCCC=CCCCCCCC. The Hall–Kier alpha value is -0.260. The fraction of sp³-hybridized carbons (Fsp3) is 0.864. The Bertz CT molecular complexity index is 204. The molecule has 0 aromatic carbocycles. The van der Waals surface area contributed by atoms with Crippen molar-refractivity contribution in [3.05, 3.63) is 19.1 Å². The minimum absolute atomic E-state index is 1.12. The Morgan fingerprint density at radius 3 is 1.27 bits per heavy atom. The van der Waals surface area contributed by atoms with Gasteiger partial charge in [-0.25, -0.2) is 0 Å². The molecule has 0 aliphatic rings. The average molecular weight is 308 g/mol. The van der Waals surface area contributed by atoms with Crippen LogP contribution in [0.1, 0.15) is 122 Å². The molecule has 0 rings (SSSR count). The van der Waals surface area contributed by atoms with Crippen LogP contribution in [-0.2, 0) is 0 Å². The van der Waals surface area contributed by atoms with Gasteiger partial charge in [0.15, 0.2) is 0 Å². The van der Waals surface area contributed by atoms with Gasteiger partial charge in [-0.05, 0) is 25.7 Å². The quantitative estimate of drug-likeness (QED) is 0.176. The highest BCUT2D eigenvalue weighted by Gasteiger charge is 1.92. The molecule has 0 aromatic heterocycles. The fourth-order valence-electron chi connectivity index (χ4n) is 2.95. The van der Waals surface area contributed by atoms with Crippen LogP contribution in [0.3, 0.4) is 0 Å². The van der Waals surface area contributed by atoms with Crippen molar-refractivity contribution in [3.63, 3.8) is 0 Å². The van der Waals surface area contributed by atoms with Gasteiger partial charge in [-0.2, -0.15) is 0 Å². The summed E-state index contributed by atoms with van der Waals surface area (Å²) < 4.78 is 0. The lowest BCUT2D eigenvalue weighted by Crippen LogP contribution is -1.82. The van der Waals surface area contributed by atoms with Crippen molar-refractivity contribution < 1.29 is 0 Å². The number of hydrogen-bond donors (Lipinski definition) is 0. The Kier molecular flexibility index (Phi) is 20.5. The van der Waals surface area contributed by atoms with E-state index in [0.717, 1.165) is 6.42 Å². The van der Waals surface area contributed by atoms with Crippen LogP contribution in [-0.4, -0.2) is 0 Å². The number of hydrogen-bond acceptors (Lipinski definition) is 0. The van der Waals surface area contributed by atoms with Crippen LogP contribution in [0, 0.1) is 6.92 Å². The van der Waals surface area contributed by atoms with Gasteiger partial charge in [0, 0.05) is 0 Å². The summed E-state index contributed by atoms with van der Waals surface area (Å²) in [5.74, 6) is 0. The van der Waals surface area contributed by atoms with Gasteiger partial charge in [0.2, 0.25) is 0 Å². The number of rotatable bonds is 18. The van der Waals surface area contributed by atoms with E-state index in [2.05, 4.69) is 26.0 Å². The maximum absolute atomic E-state index is 3.89. The lowest BCUT2D eigenvalue weighted by atomic mass is 10.1. The summed E-state index contributed by atoms with van der Waals surface area (Å²) in [5.41, 5.74) is 0. The molecule has 0 aliphatic carbocycles. The predicted molar refractivity (Wildman–Crippen MR) is 103 cm³/mol. The standard InChI is InChI=1S/C22H43/c1-3-5-7-9-11-13-15-17-19-21-22-20-18-16-14-12-10-8-6-4-2/h16,18H,1,3-15,17,19-22H2,2H3. The molecule has 0 unspecified atom stereocenters. The third-order valence-corrected chi connectivity index (χ3v) is 4.51. The largest absolute Gasteiger partial charge is 0.0885 e. The van der Waals surface area contributed by atoms with Gasteiger partial charge in [0.25, 0.3) is 0 Å². The highest BCUT2D eigenvalue weighted by atomic mass is 14.0. The van der Waals surface area contributed by atoms with Crippen molar-refractivity contribution in [2.45, 2.75) is 122 Å². The van der Waals surface area contributed by atoms with Gasteiger partial charge in [-0.1, -0.05) is 116 Å². The summed E-state index contributed by atoms with van der Waals surface area (Å²) in [6.07, 6.45) is 29.8. The highest BCUT2D eigenvalue weighted by molar-refractivity contribution is 4.81. The molecular formula is C22H43. The molecule has 22 heavy (non-hydrogen) atoms. The first-order valence-corrected chi connectivity index (χ1v) is 10.4. The first-order valence-electron chi connectivity index (χ1n) is 10.4. The zero-order chi connectivity index (χ0) is 16.1. The molecule has 1 radical (unpaired) electrons. The zero-order valence-corrected chi connectivity index (χ0v) is 15.6. The van der Waals surface area contributed by atoms with Crippen molar-refractivity contribution in [2.24, 2.45) is 0 Å². The molecule has 0 nitrogen and oxygen atoms in total. The van der Waals surface area contributed by atoms with Crippen LogP contribution >= 0.6 is 0 Å². The maximum atomic E-state index is 3.89. The summed E-state index contributed by atoms with van der Waals surface area (Å²) >= 11 is 0. The molecule has 0 bridgehead atoms. The van der Waals surface area contributed by atoms with Crippen LogP contribution in [0.4, 0.5) is 0 Å². The van der Waals surface area contributed by atoms with Gasteiger partial charge < -0.3 is 0 Å². The first kappa shape index (κ1) is 21.7. The van der Waals surface area contributed by atoms with E-state index >= 15 is 0 Å². The normalized spacial score (nSPS) is 11.5. The smallest absolute Gasteiger partial charge is 0.0351 e. The molecule has 0 fully saturated rings. The molecule has 131 valence electrons. The van der Waals surface area contributed by atoms with Crippen LogP contribution in [0.15, 0.2) is 12.2 Å². The lowest BCUT2D eigenvalue weighted by Gasteiger charge is -2.01. The number of allylic oxidation sites excluding steroid dienone is 2. The fourth-order valence-corrected chi connectivity index (χ4v) is 2.95. The van der Waals surface area contributed by atoms with Crippen LogP contribution in [0.5, 0.6) is 0 Å². The average Bonchev–Trinajstić information content (AvgIpc) is 2.54. The van der Waals surface area contributed by atoms with E-state index in [9.17, 15) is 0 Å². The van der Waals surface area contributed by atoms with Gasteiger partial charge in [0.05, 0.1) is 0 Å². The van der Waals surface area contributed by atoms with Crippen molar-refractivity contribution in [2.75, 3.05) is 0 Å². The van der Waals surface area contributed by atoms with Crippen molar-refractivity contribution in [1.82, 2.24) is 0 Å². The van der Waals surface area contributed by atoms with Gasteiger partial charge in [-0.15, -0.1) is 0 Å². The van der Waals surface area contributed by atoms with Gasteiger partial charge in [0.1, 0.15) is 0 Å². The predicted octanol–water partition coefficient (Wildman–Crippen LogP) is 8.42.